The van der Waals surface area contributed by atoms with Crippen LogP contribution in [-0.4, -0.2) is 11.1 Å². The van der Waals surface area contributed by atoms with Crippen molar-refractivity contribution in [2.24, 2.45) is 0 Å². The minimum atomic E-state index is -1.12. The van der Waals surface area contributed by atoms with Crippen molar-refractivity contribution >= 4 is 17.7 Å². The third kappa shape index (κ3) is 2.85. The summed E-state index contributed by atoms with van der Waals surface area (Å²) in [6.45, 7) is 0. The Hall–Kier alpha value is -1.82. The van der Waals surface area contributed by atoms with Gasteiger partial charge in [-0.2, -0.15) is 0 Å². The quantitative estimate of drug-likeness (QED) is 0.914. The summed E-state index contributed by atoms with van der Waals surface area (Å²) in [4.78, 5) is 10.9. The molecule has 1 heterocycles. The molecule has 6 heteroatoms. The van der Waals surface area contributed by atoms with E-state index in [1.807, 2.05) is 0 Å². The van der Waals surface area contributed by atoms with Gasteiger partial charge in [0.25, 0.3) is 0 Å². The van der Waals surface area contributed by atoms with E-state index in [0.29, 0.717) is 4.90 Å². The van der Waals surface area contributed by atoms with Crippen molar-refractivity contribution in [1.82, 2.24) is 0 Å². The zero-order chi connectivity index (χ0) is 12.4. The summed E-state index contributed by atoms with van der Waals surface area (Å²) < 4.78 is 30.7. The number of carboxylic acids is 1. The Balaban J connectivity index is 2.22. The van der Waals surface area contributed by atoms with Gasteiger partial charge in [-0.15, -0.1) is 0 Å². The van der Waals surface area contributed by atoms with Crippen LogP contribution in [-0.2, 0) is 0 Å². The number of benzene rings is 1. The first-order chi connectivity index (χ1) is 8.04. The Bertz CT molecular complexity index is 545. The second kappa shape index (κ2) is 4.58. The molecule has 0 saturated carbocycles. The highest BCUT2D eigenvalue weighted by Crippen LogP contribution is 2.30. The summed E-state index contributed by atoms with van der Waals surface area (Å²) in [7, 11) is 0. The Labute approximate surface area is 99.1 Å². The van der Waals surface area contributed by atoms with Crippen molar-refractivity contribution in [1.29, 1.82) is 0 Å². The van der Waals surface area contributed by atoms with Gasteiger partial charge in [-0.1, -0.05) is 11.8 Å². The molecule has 2 rings (SSSR count). The highest BCUT2D eigenvalue weighted by atomic mass is 32.2. The van der Waals surface area contributed by atoms with Crippen LogP contribution in [0.15, 0.2) is 44.9 Å². The van der Waals surface area contributed by atoms with Crippen LogP contribution in [0.1, 0.15) is 10.4 Å². The van der Waals surface area contributed by atoms with Crippen LogP contribution >= 0.6 is 11.8 Å². The molecule has 0 aliphatic carbocycles. The molecule has 0 saturated heterocycles. The van der Waals surface area contributed by atoms with Gasteiger partial charge in [0.2, 0.25) is 0 Å². The van der Waals surface area contributed by atoms with E-state index in [0.717, 1.165) is 36.2 Å². The Morgan fingerprint density at radius 3 is 2.35 bits per heavy atom. The number of hydrogen-bond donors (Lipinski definition) is 1. The molecular weight excluding hydrogens is 250 g/mol. The van der Waals surface area contributed by atoms with Gasteiger partial charge in [0, 0.05) is 17.0 Å². The molecule has 0 fully saturated rings. The zero-order valence-corrected chi connectivity index (χ0v) is 9.13. The molecule has 0 aliphatic heterocycles. The molecule has 3 nitrogen and oxygen atoms in total. The lowest BCUT2D eigenvalue weighted by Crippen LogP contribution is -1.91. The molecule has 0 unspecified atom stereocenters. The van der Waals surface area contributed by atoms with E-state index in [1.54, 1.807) is 0 Å². The number of aromatic carboxylic acids is 1. The summed E-state index contributed by atoms with van der Waals surface area (Å²) in [5, 5.41) is 8.92. The smallest absolute Gasteiger partial charge is 0.339 e. The SMILES string of the molecule is O=C(O)c1coc(Sc2cc(F)cc(F)c2)c1. The fourth-order valence-corrected chi connectivity index (χ4v) is 2.04. The number of halogens is 2. The summed E-state index contributed by atoms with van der Waals surface area (Å²) in [6, 6.07) is 4.32. The zero-order valence-electron chi connectivity index (χ0n) is 8.31. The first-order valence-electron chi connectivity index (χ1n) is 4.50. The topological polar surface area (TPSA) is 50.4 Å². The second-order valence-corrected chi connectivity index (χ2v) is 4.24. The lowest BCUT2D eigenvalue weighted by atomic mass is 10.3. The second-order valence-electron chi connectivity index (χ2n) is 3.17. The van der Waals surface area contributed by atoms with Crippen LogP contribution in [0.4, 0.5) is 8.78 Å². The van der Waals surface area contributed by atoms with Crippen LogP contribution < -0.4 is 0 Å². The molecule has 0 aliphatic rings. The van der Waals surface area contributed by atoms with E-state index >= 15 is 0 Å². The van der Waals surface area contributed by atoms with Crippen molar-refractivity contribution in [2.75, 3.05) is 0 Å². The fraction of sp³-hybridized carbons (Fsp3) is 0. The number of rotatable bonds is 3. The normalized spacial score (nSPS) is 10.5. The van der Waals surface area contributed by atoms with E-state index < -0.39 is 17.6 Å². The number of hydrogen-bond acceptors (Lipinski definition) is 3. The summed E-state index contributed by atoms with van der Waals surface area (Å²) >= 11 is 0.944. The first-order valence-corrected chi connectivity index (χ1v) is 5.32. The van der Waals surface area contributed by atoms with Gasteiger partial charge in [0.05, 0.1) is 5.56 Å². The maximum atomic E-state index is 12.9. The summed E-state index contributed by atoms with van der Waals surface area (Å²) in [5.41, 5.74) is -0.00984. The summed E-state index contributed by atoms with van der Waals surface area (Å²) in [6.07, 6.45) is 1.07. The number of furan rings is 1. The van der Waals surface area contributed by atoms with Crippen LogP contribution in [0.25, 0.3) is 0 Å². The highest BCUT2D eigenvalue weighted by molar-refractivity contribution is 7.99. The van der Waals surface area contributed by atoms with Crippen LogP contribution in [0.5, 0.6) is 0 Å². The molecule has 17 heavy (non-hydrogen) atoms. The Kier molecular flexibility index (Phi) is 3.14. The van der Waals surface area contributed by atoms with Crippen molar-refractivity contribution in [3.05, 3.63) is 47.7 Å². The van der Waals surface area contributed by atoms with Crippen LogP contribution in [0.3, 0.4) is 0 Å². The third-order valence-electron chi connectivity index (χ3n) is 1.88. The first kappa shape index (κ1) is 11.7. The summed E-state index contributed by atoms with van der Waals surface area (Å²) in [5.74, 6) is -2.51. The Morgan fingerprint density at radius 2 is 1.82 bits per heavy atom. The van der Waals surface area contributed by atoms with Crippen LogP contribution in [0.2, 0.25) is 0 Å². The Morgan fingerprint density at radius 1 is 1.18 bits per heavy atom. The lowest BCUT2D eigenvalue weighted by Gasteiger charge is -1.98. The molecule has 0 bridgehead atoms. The molecule has 1 aromatic carbocycles. The van der Waals surface area contributed by atoms with Gasteiger partial charge in [0.15, 0.2) is 5.09 Å². The molecule has 1 N–H and O–H groups in total. The van der Waals surface area contributed by atoms with Gasteiger partial charge >= 0.3 is 5.97 Å². The number of carboxylic acid groups (broad SMARTS) is 1. The highest BCUT2D eigenvalue weighted by Gasteiger charge is 2.10. The molecule has 88 valence electrons. The molecule has 1 aromatic heterocycles. The van der Waals surface area contributed by atoms with Gasteiger partial charge in [-0.05, 0) is 12.1 Å². The average molecular weight is 256 g/mol. The van der Waals surface area contributed by atoms with E-state index in [-0.39, 0.29) is 10.7 Å². The number of carbonyl (C=O) groups is 1. The van der Waals surface area contributed by atoms with E-state index in [4.69, 9.17) is 9.52 Å². The minimum absolute atomic E-state index is 0.00984. The van der Waals surface area contributed by atoms with Crippen LogP contribution in [0, 0.1) is 11.6 Å². The van der Waals surface area contributed by atoms with E-state index in [2.05, 4.69) is 0 Å². The minimum Gasteiger partial charge on any atom is -0.478 e. The maximum absolute atomic E-state index is 12.9. The standard InChI is InChI=1S/C11H6F2O3S/c12-7-2-8(13)4-9(3-7)17-10-1-6(5-16-10)11(14)15/h1-5H,(H,14,15). The molecule has 0 amide bonds. The molecular formula is C11H6F2O3S. The largest absolute Gasteiger partial charge is 0.478 e. The van der Waals surface area contributed by atoms with Gasteiger partial charge < -0.3 is 9.52 Å². The van der Waals surface area contributed by atoms with Crippen molar-refractivity contribution < 1.29 is 23.1 Å². The average Bonchev–Trinajstić information content (AvgIpc) is 2.64. The van der Waals surface area contributed by atoms with Crippen molar-refractivity contribution in [2.45, 2.75) is 9.99 Å². The maximum Gasteiger partial charge on any atom is 0.339 e. The predicted molar refractivity (Wildman–Crippen MR) is 56.1 cm³/mol. The molecule has 0 radical (unpaired) electrons. The van der Waals surface area contributed by atoms with Crippen molar-refractivity contribution in [3.8, 4) is 0 Å². The monoisotopic (exact) mass is 256 g/mol. The van der Waals surface area contributed by atoms with Gasteiger partial charge in [-0.3, -0.25) is 0 Å². The lowest BCUT2D eigenvalue weighted by molar-refractivity contribution is 0.0696. The van der Waals surface area contributed by atoms with Gasteiger partial charge in [-0.25, -0.2) is 13.6 Å². The van der Waals surface area contributed by atoms with E-state index in [1.165, 1.54) is 6.07 Å². The molecule has 0 atom stereocenters. The third-order valence-corrected chi connectivity index (χ3v) is 2.76. The predicted octanol–water partition coefficient (Wildman–Crippen LogP) is 3.41. The van der Waals surface area contributed by atoms with Gasteiger partial charge in [0.1, 0.15) is 17.9 Å². The molecule has 0 spiro atoms. The molecule has 2 aromatic rings. The van der Waals surface area contributed by atoms with Crippen molar-refractivity contribution in [3.63, 3.8) is 0 Å². The fourth-order valence-electron chi connectivity index (χ4n) is 1.19. The van der Waals surface area contributed by atoms with E-state index in [9.17, 15) is 13.6 Å².